The molecule has 0 aromatic carbocycles. The van der Waals surface area contributed by atoms with Crippen LogP contribution in [0, 0.1) is 12.8 Å². The summed E-state index contributed by atoms with van der Waals surface area (Å²) in [6.07, 6.45) is 5.04. The lowest BCUT2D eigenvalue weighted by Crippen LogP contribution is -2.52. The molecule has 2 saturated heterocycles. The highest BCUT2D eigenvalue weighted by molar-refractivity contribution is 7.20. The molecule has 174 valence electrons. The number of aryl methyl sites for hydroxylation is 2. The lowest BCUT2D eigenvalue weighted by atomic mass is 9.97. The summed E-state index contributed by atoms with van der Waals surface area (Å²) in [5, 5.41) is 3.78. The second kappa shape index (κ2) is 9.59. The van der Waals surface area contributed by atoms with Gasteiger partial charge in [0.05, 0.1) is 30.1 Å². The highest BCUT2D eigenvalue weighted by atomic mass is 32.1. The number of nitrogens with one attached hydrogen (secondary N) is 1. The summed E-state index contributed by atoms with van der Waals surface area (Å²) in [7, 11) is 0. The molecule has 2 aromatic heterocycles. The van der Waals surface area contributed by atoms with E-state index >= 15 is 0 Å². The normalized spacial score (nSPS) is 23.1. The molecule has 0 bridgehead atoms. The minimum Gasteiger partial charge on any atom is -0.381 e. The van der Waals surface area contributed by atoms with Crippen molar-refractivity contribution in [1.29, 1.82) is 0 Å². The second-order valence-corrected chi connectivity index (χ2v) is 10.1. The van der Waals surface area contributed by atoms with Crippen molar-refractivity contribution in [2.45, 2.75) is 51.6 Å². The summed E-state index contributed by atoms with van der Waals surface area (Å²) >= 11 is 1.35. The standard InChI is InChI=1S/C23H32N4O4S/c1-15-19-22(25-18-5-3-2-4-7-27(18)23(19)29)32-20(15)21(28)24-13-17(16-6-10-31-14-16)26-8-11-30-12-9-26/h16-17H,2-14H2,1H3,(H,24,28). The van der Waals surface area contributed by atoms with E-state index in [4.69, 9.17) is 14.5 Å². The Balaban J connectivity index is 1.37. The van der Waals surface area contributed by atoms with E-state index in [-0.39, 0.29) is 17.5 Å². The maximum absolute atomic E-state index is 13.2. The third kappa shape index (κ3) is 4.23. The number of ether oxygens (including phenoxy) is 2. The van der Waals surface area contributed by atoms with Crippen LogP contribution >= 0.6 is 11.3 Å². The van der Waals surface area contributed by atoms with Gasteiger partial charge in [-0.05, 0) is 31.7 Å². The van der Waals surface area contributed by atoms with E-state index in [2.05, 4.69) is 10.2 Å². The van der Waals surface area contributed by atoms with Crippen molar-refractivity contribution < 1.29 is 14.3 Å². The van der Waals surface area contributed by atoms with Crippen LogP contribution in [-0.2, 0) is 22.4 Å². The van der Waals surface area contributed by atoms with Gasteiger partial charge in [0.25, 0.3) is 11.5 Å². The highest BCUT2D eigenvalue weighted by Crippen LogP contribution is 2.29. The van der Waals surface area contributed by atoms with E-state index in [9.17, 15) is 9.59 Å². The monoisotopic (exact) mass is 460 g/mol. The number of rotatable bonds is 5. The minimum atomic E-state index is -0.109. The number of aromatic nitrogens is 2. The summed E-state index contributed by atoms with van der Waals surface area (Å²) < 4.78 is 13.0. The first-order valence-corrected chi connectivity index (χ1v) is 12.7. The van der Waals surface area contributed by atoms with Crippen LogP contribution in [0.4, 0.5) is 0 Å². The molecular weight excluding hydrogens is 428 g/mol. The number of fused-ring (bicyclic) bond motifs is 2. The second-order valence-electron chi connectivity index (χ2n) is 9.08. The van der Waals surface area contributed by atoms with Gasteiger partial charge in [-0.2, -0.15) is 0 Å². The van der Waals surface area contributed by atoms with E-state index in [1.54, 1.807) is 0 Å². The zero-order valence-corrected chi connectivity index (χ0v) is 19.5. The van der Waals surface area contributed by atoms with Crippen LogP contribution in [-0.4, -0.2) is 72.5 Å². The number of nitrogens with zero attached hydrogens (tertiary/aromatic N) is 3. The van der Waals surface area contributed by atoms with E-state index in [0.29, 0.717) is 27.6 Å². The molecule has 0 spiro atoms. The Hall–Kier alpha value is -1.81. The molecule has 2 atom stereocenters. The molecule has 2 unspecified atom stereocenters. The fourth-order valence-electron chi connectivity index (χ4n) is 5.26. The van der Waals surface area contributed by atoms with Gasteiger partial charge >= 0.3 is 0 Å². The molecule has 2 aromatic rings. The van der Waals surface area contributed by atoms with Crippen LogP contribution < -0.4 is 10.9 Å². The van der Waals surface area contributed by atoms with Crippen LogP contribution in [0.2, 0.25) is 0 Å². The van der Waals surface area contributed by atoms with Crippen molar-refractivity contribution in [1.82, 2.24) is 19.8 Å². The highest BCUT2D eigenvalue weighted by Gasteiger charge is 2.32. The lowest BCUT2D eigenvalue weighted by Gasteiger charge is -2.37. The van der Waals surface area contributed by atoms with Gasteiger partial charge < -0.3 is 14.8 Å². The van der Waals surface area contributed by atoms with Gasteiger partial charge in [0, 0.05) is 51.2 Å². The first-order chi connectivity index (χ1) is 15.6. The third-order valence-electron chi connectivity index (χ3n) is 7.11. The molecule has 5 rings (SSSR count). The number of carbonyl (C=O) groups excluding carboxylic acids is 1. The topological polar surface area (TPSA) is 85.7 Å². The van der Waals surface area contributed by atoms with Crippen molar-refractivity contribution in [2.24, 2.45) is 5.92 Å². The van der Waals surface area contributed by atoms with Crippen LogP contribution in [0.15, 0.2) is 4.79 Å². The van der Waals surface area contributed by atoms with E-state index in [1.165, 1.54) is 11.3 Å². The van der Waals surface area contributed by atoms with Gasteiger partial charge in [-0.1, -0.05) is 6.42 Å². The molecule has 5 heterocycles. The summed E-state index contributed by atoms with van der Waals surface area (Å²) in [6, 6.07) is 0.236. The number of hydrogen-bond donors (Lipinski definition) is 1. The van der Waals surface area contributed by atoms with Gasteiger partial charge in [-0.25, -0.2) is 4.98 Å². The molecule has 3 aliphatic heterocycles. The average Bonchev–Trinajstić information content (AvgIpc) is 3.37. The smallest absolute Gasteiger partial charge is 0.262 e. The molecule has 2 fully saturated rings. The van der Waals surface area contributed by atoms with E-state index < -0.39 is 0 Å². The molecule has 1 N–H and O–H groups in total. The Kier molecular flexibility index (Phi) is 6.59. The van der Waals surface area contributed by atoms with Crippen LogP contribution in [0.1, 0.15) is 46.7 Å². The van der Waals surface area contributed by atoms with E-state index in [0.717, 1.165) is 89.6 Å². The molecule has 0 radical (unpaired) electrons. The SMILES string of the molecule is Cc1c(C(=O)NCC(C2CCOC2)N2CCOCC2)sc2nc3n(c(=O)c12)CCCCC3. The Bertz CT molecular complexity index is 1040. The van der Waals surface area contributed by atoms with Gasteiger partial charge in [-0.3, -0.25) is 19.1 Å². The molecular formula is C23H32N4O4S. The maximum atomic E-state index is 13.2. The minimum absolute atomic E-state index is 0.00833. The van der Waals surface area contributed by atoms with Gasteiger partial charge in [0.1, 0.15) is 10.7 Å². The van der Waals surface area contributed by atoms with Crippen molar-refractivity contribution in [3.63, 3.8) is 0 Å². The third-order valence-corrected chi connectivity index (χ3v) is 8.30. The Morgan fingerprint density at radius 3 is 2.81 bits per heavy atom. The van der Waals surface area contributed by atoms with Gasteiger partial charge in [-0.15, -0.1) is 11.3 Å². The van der Waals surface area contributed by atoms with Gasteiger partial charge in [0.15, 0.2) is 0 Å². The molecule has 9 heteroatoms. The first-order valence-electron chi connectivity index (χ1n) is 11.8. The summed E-state index contributed by atoms with van der Waals surface area (Å²) in [6.45, 7) is 7.92. The molecule has 8 nitrogen and oxygen atoms in total. The number of amides is 1. The number of carbonyl (C=O) groups is 1. The van der Waals surface area contributed by atoms with E-state index in [1.807, 2.05) is 11.5 Å². The van der Waals surface area contributed by atoms with Crippen molar-refractivity contribution in [3.05, 3.63) is 26.6 Å². The zero-order chi connectivity index (χ0) is 22.1. The maximum Gasteiger partial charge on any atom is 0.262 e. The lowest BCUT2D eigenvalue weighted by molar-refractivity contribution is 0.00167. The number of thiophene rings is 1. The van der Waals surface area contributed by atoms with Crippen molar-refractivity contribution in [2.75, 3.05) is 46.1 Å². The quantitative estimate of drug-likeness (QED) is 0.734. The molecule has 0 aliphatic carbocycles. The molecule has 3 aliphatic rings. The summed E-state index contributed by atoms with van der Waals surface area (Å²) in [5.41, 5.74) is 0.765. The summed E-state index contributed by atoms with van der Waals surface area (Å²) in [4.78, 5) is 34.9. The molecule has 32 heavy (non-hydrogen) atoms. The molecule has 1 amide bonds. The average molecular weight is 461 g/mol. The van der Waals surface area contributed by atoms with Crippen molar-refractivity contribution in [3.8, 4) is 0 Å². The summed E-state index contributed by atoms with van der Waals surface area (Å²) in [5.74, 6) is 1.17. The predicted molar refractivity (Wildman–Crippen MR) is 124 cm³/mol. The number of morpholine rings is 1. The molecule has 0 saturated carbocycles. The van der Waals surface area contributed by atoms with Crippen LogP contribution in [0.3, 0.4) is 0 Å². The Labute approximate surface area is 191 Å². The largest absolute Gasteiger partial charge is 0.381 e. The van der Waals surface area contributed by atoms with Crippen molar-refractivity contribution >= 4 is 27.5 Å². The zero-order valence-electron chi connectivity index (χ0n) is 18.7. The Morgan fingerprint density at radius 1 is 1.19 bits per heavy atom. The fraction of sp³-hybridized carbons (Fsp3) is 0.696. The first kappa shape index (κ1) is 22.0. The number of hydrogen-bond acceptors (Lipinski definition) is 7. The Morgan fingerprint density at radius 2 is 2.03 bits per heavy atom. The predicted octanol–water partition coefficient (Wildman–Crippen LogP) is 1.96. The van der Waals surface area contributed by atoms with Gasteiger partial charge in [0.2, 0.25) is 0 Å². The van der Waals surface area contributed by atoms with Crippen LogP contribution in [0.25, 0.3) is 10.2 Å². The fourth-order valence-corrected chi connectivity index (χ4v) is 6.37. The van der Waals surface area contributed by atoms with Crippen LogP contribution in [0.5, 0.6) is 0 Å².